The van der Waals surface area contributed by atoms with Crippen molar-refractivity contribution in [1.82, 2.24) is 0 Å². The number of aryl methyl sites for hydroxylation is 1. The first-order valence-electron chi connectivity index (χ1n) is 8.84. The van der Waals surface area contributed by atoms with Crippen LogP contribution in [0.15, 0.2) is 36.4 Å². The van der Waals surface area contributed by atoms with E-state index in [2.05, 4.69) is 5.32 Å². The molecule has 2 rings (SSSR count). The van der Waals surface area contributed by atoms with Crippen LogP contribution in [-0.2, 0) is 9.53 Å². The molecule has 0 fully saturated rings. The van der Waals surface area contributed by atoms with Crippen molar-refractivity contribution in [2.75, 3.05) is 12.4 Å². The fraction of sp³-hybridized carbons (Fsp3) is 0.333. The number of carbonyl (C=O) groups is 2. The number of esters is 1. The van der Waals surface area contributed by atoms with Gasteiger partial charge in [0.1, 0.15) is 0 Å². The van der Waals surface area contributed by atoms with Crippen molar-refractivity contribution in [3.8, 4) is 11.5 Å². The SMILES string of the molecule is COc1cc(C(=O)O[C@H](C)C(=O)Nc2cccc(C)c2)cc(Cl)c1OC(C)C. The molecule has 0 aliphatic rings. The van der Waals surface area contributed by atoms with Gasteiger partial charge in [-0.05, 0) is 57.5 Å². The van der Waals surface area contributed by atoms with Crippen LogP contribution in [0.25, 0.3) is 0 Å². The maximum absolute atomic E-state index is 12.5. The molecule has 0 unspecified atom stereocenters. The fourth-order valence-corrected chi connectivity index (χ4v) is 2.69. The Kier molecular flexibility index (Phi) is 7.29. The van der Waals surface area contributed by atoms with Crippen molar-refractivity contribution in [2.24, 2.45) is 0 Å². The quantitative estimate of drug-likeness (QED) is 0.680. The predicted molar refractivity (Wildman–Crippen MR) is 108 cm³/mol. The number of nitrogens with one attached hydrogen (secondary N) is 1. The Labute approximate surface area is 169 Å². The van der Waals surface area contributed by atoms with Gasteiger partial charge in [-0.1, -0.05) is 23.7 Å². The molecule has 150 valence electrons. The monoisotopic (exact) mass is 405 g/mol. The second-order valence-corrected chi connectivity index (χ2v) is 6.97. The van der Waals surface area contributed by atoms with Gasteiger partial charge in [0.2, 0.25) is 0 Å². The summed E-state index contributed by atoms with van der Waals surface area (Å²) in [5.74, 6) is -0.467. The number of amides is 1. The molecule has 2 aromatic rings. The molecule has 0 heterocycles. The summed E-state index contributed by atoms with van der Waals surface area (Å²) in [7, 11) is 1.45. The number of hydrogen-bond acceptors (Lipinski definition) is 5. The molecule has 1 N–H and O–H groups in total. The van der Waals surface area contributed by atoms with Gasteiger partial charge in [0, 0.05) is 5.69 Å². The van der Waals surface area contributed by atoms with E-state index in [1.54, 1.807) is 6.07 Å². The predicted octanol–water partition coefficient (Wildman–Crippen LogP) is 4.63. The standard InChI is InChI=1S/C21H24ClNO5/c1-12(2)27-19-17(22)10-15(11-18(19)26-5)21(25)28-14(4)20(24)23-16-8-6-7-13(3)9-16/h6-12,14H,1-5H3,(H,23,24)/t14-/m1/s1. The van der Waals surface area contributed by atoms with E-state index in [4.69, 9.17) is 25.8 Å². The van der Waals surface area contributed by atoms with Gasteiger partial charge in [-0.15, -0.1) is 0 Å². The van der Waals surface area contributed by atoms with Crippen molar-refractivity contribution >= 4 is 29.2 Å². The number of methoxy groups -OCH3 is 1. The Bertz CT molecular complexity index is 866. The zero-order valence-electron chi connectivity index (χ0n) is 16.5. The molecule has 1 amide bonds. The number of rotatable bonds is 7. The summed E-state index contributed by atoms with van der Waals surface area (Å²) in [6.45, 7) is 7.12. The third-order valence-corrected chi connectivity index (χ3v) is 4.04. The Balaban J connectivity index is 2.11. The van der Waals surface area contributed by atoms with Gasteiger partial charge in [0.25, 0.3) is 5.91 Å². The topological polar surface area (TPSA) is 73.9 Å². The maximum atomic E-state index is 12.5. The minimum absolute atomic E-state index is 0.116. The van der Waals surface area contributed by atoms with Crippen molar-refractivity contribution in [2.45, 2.75) is 39.9 Å². The lowest BCUT2D eigenvalue weighted by atomic mass is 10.2. The summed E-state index contributed by atoms with van der Waals surface area (Å²) in [4.78, 5) is 24.8. The Morgan fingerprint density at radius 2 is 1.82 bits per heavy atom. The van der Waals surface area contributed by atoms with E-state index in [0.29, 0.717) is 17.2 Å². The lowest BCUT2D eigenvalue weighted by Gasteiger charge is -2.17. The molecule has 0 aliphatic heterocycles. The molecule has 1 atom stereocenters. The summed E-state index contributed by atoms with van der Waals surface area (Å²) in [5, 5.41) is 2.94. The molecule has 0 spiro atoms. The Morgan fingerprint density at radius 3 is 2.43 bits per heavy atom. The highest BCUT2D eigenvalue weighted by Crippen LogP contribution is 2.37. The van der Waals surface area contributed by atoms with E-state index in [9.17, 15) is 9.59 Å². The van der Waals surface area contributed by atoms with Crippen molar-refractivity contribution in [3.63, 3.8) is 0 Å². The largest absolute Gasteiger partial charge is 0.493 e. The van der Waals surface area contributed by atoms with Crippen LogP contribution in [0, 0.1) is 6.92 Å². The third-order valence-electron chi connectivity index (χ3n) is 3.76. The van der Waals surface area contributed by atoms with Gasteiger partial charge in [-0.25, -0.2) is 4.79 Å². The van der Waals surface area contributed by atoms with Gasteiger partial charge < -0.3 is 19.5 Å². The van der Waals surface area contributed by atoms with E-state index in [0.717, 1.165) is 5.56 Å². The van der Waals surface area contributed by atoms with Crippen LogP contribution in [0.2, 0.25) is 5.02 Å². The molecule has 0 aliphatic carbocycles. The highest BCUT2D eigenvalue weighted by atomic mass is 35.5. The number of carbonyl (C=O) groups excluding carboxylic acids is 2. The first-order valence-corrected chi connectivity index (χ1v) is 9.21. The average molecular weight is 406 g/mol. The second-order valence-electron chi connectivity index (χ2n) is 6.56. The number of ether oxygens (including phenoxy) is 3. The van der Waals surface area contributed by atoms with E-state index < -0.39 is 18.0 Å². The molecule has 6 nitrogen and oxygen atoms in total. The van der Waals surface area contributed by atoms with Crippen molar-refractivity contribution in [3.05, 3.63) is 52.5 Å². The number of anilines is 1. The smallest absolute Gasteiger partial charge is 0.339 e. The fourth-order valence-electron chi connectivity index (χ4n) is 2.44. The summed E-state index contributed by atoms with van der Waals surface area (Å²) >= 11 is 6.23. The third kappa shape index (κ3) is 5.63. The molecule has 0 radical (unpaired) electrons. The van der Waals surface area contributed by atoms with Gasteiger partial charge in [-0.2, -0.15) is 0 Å². The summed E-state index contributed by atoms with van der Waals surface area (Å²) < 4.78 is 16.2. The van der Waals surface area contributed by atoms with E-state index in [1.165, 1.54) is 26.2 Å². The Morgan fingerprint density at radius 1 is 1.11 bits per heavy atom. The number of halogens is 1. The molecule has 0 saturated heterocycles. The molecular formula is C21H24ClNO5. The minimum atomic E-state index is -0.996. The summed E-state index contributed by atoms with van der Waals surface area (Å²) in [5.41, 5.74) is 1.80. The maximum Gasteiger partial charge on any atom is 0.339 e. The molecule has 28 heavy (non-hydrogen) atoms. The zero-order valence-corrected chi connectivity index (χ0v) is 17.3. The first kappa shape index (κ1) is 21.6. The zero-order chi connectivity index (χ0) is 20.8. The van der Waals surface area contributed by atoms with Crippen molar-refractivity contribution < 1.29 is 23.8 Å². The number of hydrogen-bond donors (Lipinski definition) is 1. The van der Waals surface area contributed by atoms with Crippen molar-refractivity contribution in [1.29, 1.82) is 0 Å². The van der Waals surface area contributed by atoms with Crippen LogP contribution >= 0.6 is 11.6 Å². The Hall–Kier alpha value is -2.73. The van der Waals surface area contributed by atoms with Gasteiger partial charge >= 0.3 is 5.97 Å². The minimum Gasteiger partial charge on any atom is -0.493 e. The van der Waals surface area contributed by atoms with E-state index in [1.807, 2.05) is 39.0 Å². The molecule has 0 bridgehead atoms. The molecule has 2 aromatic carbocycles. The van der Waals surface area contributed by atoms with Crippen LogP contribution in [0.1, 0.15) is 36.7 Å². The normalized spacial score (nSPS) is 11.7. The molecule has 7 heteroatoms. The van der Waals surface area contributed by atoms with Crippen LogP contribution in [-0.4, -0.2) is 31.2 Å². The second kappa shape index (κ2) is 9.46. The lowest BCUT2D eigenvalue weighted by Crippen LogP contribution is -2.30. The van der Waals surface area contributed by atoms with Gasteiger partial charge in [-0.3, -0.25) is 4.79 Å². The summed E-state index contributed by atoms with van der Waals surface area (Å²) in [6.07, 6.45) is -1.11. The lowest BCUT2D eigenvalue weighted by molar-refractivity contribution is -0.123. The average Bonchev–Trinajstić information content (AvgIpc) is 2.62. The van der Waals surface area contributed by atoms with Gasteiger partial charge in [0.05, 0.1) is 23.8 Å². The highest BCUT2D eigenvalue weighted by Gasteiger charge is 2.22. The van der Waals surface area contributed by atoms with Crippen LogP contribution in [0.5, 0.6) is 11.5 Å². The molecule has 0 aromatic heterocycles. The molecular weight excluding hydrogens is 382 g/mol. The summed E-state index contributed by atoms with van der Waals surface area (Å²) in [6, 6.07) is 10.2. The van der Waals surface area contributed by atoms with E-state index in [-0.39, 0.29) is 16.7 Å². The van der Waals surface area contributed by atoms with E-state index >= 15 is 0 Å². The van der Waals surface area contributed by atoms with Crippen LogP contribution < -0.4 is 14.8 Å². The van der Waals surface area contributed by atoms with Crippen LogP contribution in [0.4, 0.5) is 5.69 Å². The van der Waals surface area contributed by atoms with Gasteiger partial charge in [0.15, 0.2) is 17.6 Å². The number of benzene rings is 2. The van der Waals surface area contributed by atoms with Crippen LogP contribution in [0.3, 0.4) is 0 Å². The molecule has 0 saturated carbocycles. The first-order chi connectivity index (χ1) is 13.2. The highest BCUT2D eigenvalue weighted by molar-refractivity contribution is 6.32.